The van der Waals surface area contributed by atoms with Gasteiger partial charge in [-0.1, -0.05) is 18.2 Å². The van der Waals surface area contributed by atoms with Crippen LogP contribution in [0.15, 0.2) is 36.4 Å². The van der Waals surface area contributed by atoms with E-state index in [1.807, 2.05) is 12.1 Å². The van der Waals surface area contributed by atoms with Crippen molar-refractivity contribution < 1.29 is 34.8 Å². The maximum Gasteiger partial charge on any atom is 2.00 e. The van der Waals surface area contributed by atoms with Gasteiger partial charge in [-0.2, -0.15) is 0 Å². The zero-order valence-electron chi connectivity index (χ0n) is 7.90. The summed E-state index contributed by atoms with van der Waals surface area (Å²) in [4.78, 5) is 24.9. The molecule has 1 aromatic heterocycles. The van der Waals surface area contributed by atoms with E-state index in [0.717, 1.165) is 5.39 Å². The molecule has 0 radical (unpaired) electrons. The molecule has 2 aromatic rings. The molecule has 5 nitrogen and oxygen atoms in total. The van der Waals surface area contributed by atoms with Gasteiger partial charge in [0, 0.05) is 13.1 Å². The van der Waals surface area contributed by atoms with E-state index in [1.165, 1.54) is 6.07 Å². The summed E-state index contributed by atoms with van der Waals surface area (Å²) in [6.45, 7) is 0. The SMILES string of the molecule is O=P([O-])([O-])Nc1ccc2ccccc2n1.[Pd+2]. The summed E-state index contributed by atoms with van der Waals surface area (Å²) in [5.41, 5.74) is 0.635. The molecule has 0 atom stereocenters. The topological polar surface area (TPSA) is 88.1 Å². The van der Waals surface area contributed by atoms with Gasteiger partial charge in [0.25, 0.3) is 0 Å². The first-order valence-electron chi connectivity index (χ1n) is 4.21. The first-order valence-corrected chi connectivity index (χ1v) is 5.75. The van der Waals surface area contributed by atoms with Crippen LogP contribution in [-0.2, 0) is 25.0 Å². The van der Waals surface area contributed by atoms with Gasteiger partial charge in [0.1, 0.15) is 5.82 Å². The number of hydrogen-bond acceptors (Lipinski definition) is 4. The van der Waals surface area contributed by atoms with Crippen molar-refractivity contribution in [3.05, 3.63) is 36.4 Å². The molecule has 0 spiro atoms. The van der Waals surface area contributed by atoms with Crippen molar-refractivity contribution >= 4 is 24.5 Å². The Hall–Kier alpha value is -0.758. The van der Waals surface area contributed by atoms with Gasteiger partial charge < -0.3 is 19.4 Å². The number of nitrogens with zero attached hydrogens (tertiary/aromatic N) is 1. The number of fused-ring (bicyclic) bond motifs is 1. The number of hydrogen-bond donors (Lipinski definition) is 1. The number of pyridine rings is 1. The van der Waals surface area contributed by atoms with Gasteiger partial charge in [0.05, 0.1) is 5.52 Å². The smallest absolute Gasteiger partial charge is 0.795 e. The Kier molecular flexibility index (Phi) is 4.20. The first-order chi connectivity index (χ1) is 7.04. The summed E-state index contributed by atoms with van der Waals surface area (Å²) in [7, 11) is -4.78. The second-order valence-electron chi connectivity index (χ2n) is 3.00. The molecule has 16 heavy (non-hydrogen) atoms. The van der Waals surface area contributed by atoms with Crippen LogP contribution in [0.1, 0.15) is 0 Å². The van der Waals surface area contributed by atoms with E-state index in [2.05, 4.69) is 4.98 Å². The molecule has 1 heterocycles. The third kappa shape index (κ3) is 3.38. The quantitative estimate of drug-likeness (QED) is 0.639. The molecule has 0 fully saturated rings. The van der Waals surface area contributed by atoms with Crippen LogP contribution < -0.4 is 14.9 Å². The molecule has 2 rings (SSSR count). The van der Waals surface area contributed by atoms with E-state index < -0.39 is 7.75 Å². The standard InChI is InChI=1S/C9H9N2O3P.Pd/c12-15(13,14)11-9-6-5-7-3-1-2-4-8(7)10-9;/h1-6H,(H3,10,11,12,13,14);/q;+2/p-2. The van der Waals surface area contributed by atoms with Crippen molar-refractivity contribution in [1.29, 1.82) is 0 Å². The summed E-state index contributed by atoms with van der Waals surface area (Å²) in [6.07, 6.45) is 0. The van der Waals surface area contributed by atoms with E-state index in [9.17, 15) is 14.4 Å². The molecule has 1 N–H and O–H groups in total. The fourth-order valence-electron chi connectivity index (χ4n) is 1.27. The third-order valence-electron chi connectivity index (χ3n) is 1.85. The largest absolute Gasteiger partial charge is 2.00 e. The molecule has 0 unspecified atom stereocenters. The zero-order chi connectivity index (χ0) is 10.9. The van der Waals surface area contributed by atoms with E-state index in [0.29, 0.717) is 5.52 Å². The molecule has 0 saturated heterocycles. The van der Waals surface area contributed by atoms with Crippen molar-refractivity contribution in [2.45, 2.75) is 0 Å². The molecule has 7 heteroatoms. The van der Waals surface area contributed by atoms with Gasteiger partial charge in [-0.25, -0.2) is 4.98 Å². The Balaban J connectivity index is 0.00000128. The molecular formula is C9H7N2O3PPd. The number of para-hydroxylation sites is 1. The molecule has 0 bridgehead atoms. The van der Waals surface area contributed by atoms with Crippen LogP contribution >= 0.6 is 7.75 Å². The van der Waals surface area contributed by atoms with Crippen LogP contribution in [0.4, 0.5) is 5.82 Å². The van der Waals surface area contributed by atoms with Gasteiger partial charge in [-0.05, 0) is 18.2 Å². The molecule has 0 amide bonds. The molecule has 0 aliphatic carbocycles. The van der Waals surface area contributed by atoms with Gasteiger partial charge >= 0.3 is 20.4 Å². The summed E-state index contributed by atoms with van der Waals surface area (Å²) in [5, 5.41) is 2.69. The Morgan fingerprint density at radius 3 is 2.50 bits per heavy atom. The molecular weight excluding hydrogens is 322 g/mol. The van der Waals surface area contributed by atoms with Crippen molar-refractivity contribution in [2.24, 2.45) is 0 Å². The van der Waals surface area contributed by atoms with E-state index in [-0.39, 0.29) is 26.2 Å². The van der Waals surface area contributed by atoms with Crippen LogP contribution in [0.3, 0.4) is 0 Å². The van der Waals surface area contributed by atoms with E-state index >= 15 is 0 Å². The molecule has 0 saturated carbocycles. The number of nitrogens with one attached hydrogen (secondary N) is 1. The first kappa shape index (κ1) is 13.3. The summed E-state index contributed by atoms with van der Waals surface area (Å²) >= 11 is 0. The van der Waals surface area contributed by atoms with Gasteiger partial charge in [0.2, 0.25) is 0 Å². The van der Waals surface area contributed by atoms with Gasteiger partial charge in [-0.15, -0.1) is 0 Å². The average Bonchev–Trinajstić information content (AvgIpc) is 2.15. The van der Waals surface area contributed by atoms with Crippen LogP contribution in [0.2, 0.25) is 0 Å². The number of benzene rings is 1. The van der Waals surface area contributed by atoms with Crippen LogP contribution in [0, 0.1) is 0 Å². The van der Waals surface area contributed by atoms with Crippen molar-refractivity contribution in [2.75, 3.05) is 5.09 Å². The second kappa shape index (κ2) is 5.05. The number of anilines is 1. The average molecular weight is 329 g/mol. The molecule has 0 aliphatic rings. The molecule has 0 aliphatic heterocycles. The Labute approximate surface area is 106 Å². The van der Waals surface area contributed by atoms with E-state index in [1.54, 1.807) is 23.3 Å². The fourth-order valence-corrected chi connectivity index (χ4v) is 1.67. The summed E-state index contributed by atoms with van der Waals surface area (Å²) in [5.74, 6) is 0.0435. The minimum absolute atomic E-state index is 0. The summed E-state index contributed by atoms with van der Waals surface area (Å²) in [6, 6.07) is 10.4. The number of aromatic nitrogens is 1. The molecule has 1 aromatic carbocycles. The maximum absolute atomic E-state index is 10.5. The minimum atomic E-state index is -4.78. The van der Waals surface area contributed by atoms with E-state index in [4.69, 9.17) is 0 Å². The second-order valence-corrected chi connectivity index (χ2v) is 4.22. The van der Waals surface area contributed by atoms with Crippen LogP contribution in [0.5, 0.6) is 0 Å². The number of rotatable bonds is 2. The zero-order valence-corrected chi connectivity index (χ0v) is 10.3. The van der Waals surface area contributed by atoms with Crippen molar-refractivity contribution in [3.8, 4) is 0 Å². The van der Waals surface area contributed by atoms with Gasteiger partial charge in [0.15, 0.2) is 0 Å². The predicted molar refractivity (Wildman–Crippen MR) is 53.0 cm³/mol. The van der Waals surface area contributed by atoms with Crippen LogP contribution in [0.25, 0.3) is 10.9 Å². The normalized spacial score (nSPS) is 10.9. The Morgan fingerprint density at radius 2 is 1.81 bits per heavy atom. The van der Waals surface area contributed by atoms with Crippen molar-refractivity contribution in [1.82, 2.24) is 4.98 Å². The Bertz CT molecular complexity index is 543. The summed E-state index contributed by atoms with van der Waals surface area (Å²) < 4.78 is 10.5. The van der Waals surface area contributed by atoms with Crippen molar-refractivity contribution in [3.63, 3.8) is 0 Å². The third-order valence-corrected chi connectivity index (χ3v) is 2.35. The maximum atomic E-state index is 10.5. The van der Waals surface area contributed by atoms with Crippen LogP contribution in [-0.4, -0.2) is 4.98 Å². The minimum Gasteiger partial charge on any atom is -0.795 e. The molecule has 86 valence electrons. The van der Waals surface area contributed by atoms with Gasteiger partial charge in [-0.3, -0.25) is 0 Å². The Morgan fingerprint density at radius 1 is 1.12 bits per heavy atom. The fraction of sp³-hybridized carbons (Fsp3) is 0. The predicted octanol–water partition coefficient (Wildman–Crippen LogP) is 0.473. The monoisotopic (exact) mass is 328 g/mol.